The molecule has 0 spiro atoms. The summed E-state index contributed by atoms with van der Waals surface area (Å²) in [7, 11) is -4.30. The van der Waals surface area contributed by atoms with Gasteiger partial charge in [0.1, 0.15) is 0 Å². The summed E-state index contributed by atoms with van der Waals surface area (Å²) in [6.45, 7) is 2.48. The fraction of sp³-hybridized carbons (Fsp3) is 0.913. The number of hydrogen-bond donors (Lipinski definition) is 2. The lowest BCUT2D eigenvalue weighted by molar-refractivity contribution is 0.167. The second-order valence-corrected chi connectivity index (χ2v) is 9.94. The van der Waals surface area contributed by atoms with Crippen molar-refractivity contribution in [3.05, 3.63) is 12.2 Å². The molecule has 1 aliphatic carbocycles. The number of phosphoric ester groups is 1. The second-order valence-electron chi connectivity index (χ2n) is 8.70. The summed E-state index contributed by atoms with van der Waals surface area (Å²) < 4.78 is 15.4. The zero-order valence-electron chi connectivity index (χ0n) is 18.2. The van der Waals surface area contributed by atoms with Gasteiger partial charge >= 0.3 is 7.82 Å². The van der Waals surface area contributed by atoms with E-state index in [4.69, 9.17) is 9.79 Å². The molecule has 28 heavy (non-hydrogen) atoms. The van der Waals surface area contributed by atoms with Gasteiger partial charge in [-0.2, -0.15) is 0 Å². The SMILES string of the molecule is CCCCCCCC/C=C/CCCCCCCC1CCC(COP(=O)(O)O)C1. The maximum atomic E-state index is 10.8. The first-order valence-electron chi connectivity index (χ1n) is 11.9. The number of rotatable bonds is 18. The molecular formula is C23H45O4P. The van der Waals surface area contributed by atoms with Crippen molar-refractivity contribution in [2.75, 3.05) is 6.61 Å². The lowest BCUT2D eigenvalue weighted by Gasteiger charge is -2.12. The Hall–Kier alpha value is -0.150. The van der Waals surface area contributed by atoms with Gasteiger partial charge in [0.15, 0.2) is 0 Å². The predicted octanol–water partition coefficient (Wildman–Crippen LogP) is 7.55. The lowest BCUT2D eigenvalue weighted by Crippen LogP contribution is -2.05. The highest BCUT2D eigenvalue weighted by Crippen LogP contribution is 2.40. The first kappa shape index (κ1) is 25.9. The average Bonchev–Trinajstić information content (AvgIpc) is 3.10. The van der Waals surface area contributed by atoms with Gasteiger partial charge in [-0.1, -0.05) is 89.7 Å². The van der Waals surface area contributed by atoms with Crippen LogP contribution in [-0.4, -0.2) is 16.4 Å². The van der Waals surface area contributed by atoms with Crippen LogP contribution in [0.4, 0.5) is 0 Å². The van der Waals surface area contributed by atoms with E-state index in [1.54, 1.807) is 0 Å². The van der Waals surface area contributed by atoms with Crippen molar-refractivity contribution in [3.8, 4) is 0 Å². The molecule has 1 aliphatic rings. The summed E-state index contributed by atoms with van der Waals surface area (Å²) in [6, 6.07) is 0. The van der Waals surface area contributed by atoms with Gasteiger partial charge in [0.2, 0.25) is 0 Å². The number of allylic oxidation sites excluding steroid dienone is 2. The highest BCUT2D eigenvalue weighted by Gasteiger charge is 2.26. The minimum absolute atomic E-state index is 0.215. The van der Waals surface area contributed by atoms with Crippen molar-refractivity contribution >= 4 is 7.82 Å². The Bertz CT molecular complexity index is 432. The van der Waals surface area contributed by atoms with Gasteiger partial charge in [-0.3, -0.25) is 4.52 Å². The van der Waals surface area contributed by atoms with Gasteiger partial charge in [0.25, 0.3) is 0 Å². The fourth-order valence-corrected chi connectivity index (χ4v) is 4.70. The number of unbranched alkanes of at least 4 members (excludes halogenated alkanes) is 11. The molecule has 166 valence electrons. The van der Waals surface area contributed by atoms with Crippen LogP contribution in [0.15, 0.2) is 12.2 Å². The summed E-state index contributed by atoms with van der Waals surface area (Å²) in [5.41, 5.74) is 0. The van der Waals surface area contributed by atoms with E-state index in [1.807, 2.05) is 0 Å². The molecular weight excluding hydrogens is 371 g/mol. The maximum Gasteiger partial charge on any atom is 0.469 e. The normalized spacial score (nSPS) is 20.4. The molecule has 0 heterocycles. The molecule has 0 aromatic carbocycles. The smallest absolute Gasteiger partial charge is 0.303 e. The summed E-state index contributed by atoms with van der Waals surface area (Å²) in [5, 5.41) is 0. The van der Waals surface area contributed by atoms with E-state index in [0.29, 0.717) is 5.92 Å². The Balaban J connectivity index is 1.83. The standard InChI is InChI=1S/C23H45O4P/c1-2-3-4-5-6-7-8-9-10-11-12-13-14-15-16-17-22-18-19-23(20-22)21-27-28(24,25)26/h9-10,22-23H,2-8,11-21H2,1H3,(H2,24,25,26)/b10-9+. The molecule has 2 unspecified atom stereocenters. The summed E-state index contributed by atoms with van der Waals surface area (Å²) in [4.78, 5) is 17.6. The predicted molar refractivity (Wildman–Crippen MR) is 118 cm³/mol. The Labute approximate surface area is 173 Å². The third kappa shape index (κ3) is 15.7. The maximum absolute atomic E-state index is 10.8. The van der Waals surface area contributed by atoms with Crippen molar-refractivity contribution in [2.45, 2.75) is 116 Å². The molecule has 0 amide bonds. The van der Waals surface area contributed by atoms with Gasteiger partial charge in [-0.15, -0.1) is 0 Å². The van der Waals surface area contributed by atoms with E-state index in [-0.39, 0.29) is 6.61 Å². The third-order valence-electron chi connectivity index (χ3n) is 6.00. The van der Waals surface area contributed by atoms with Gasteiger partial charge in [-0.25, -0.2) is 4.57 Å². The molecule has 0 aromatic heterocycles. The summed E-state index contributed by atoms with van der Waals surface area (Å²) >= 11 is 0. The minimum Gasteiger partial charge on any atom is -0.303 e. The molecule has 5 heteroatoms. The van der Waals surface area contributed by atoms with Crippen LogP contribution in [0.1, 0.15) is 116 Å². The van der Waals surface area contributed by atoms with Gasteiger partial charge in [-0.05, 0) is 50.4 Å². The van der Waals surface area contributed by atoms with Crippen molar-refractivity contribution < 1.29 is 18.9 Å². The molecule has 4 nitrogen and oxygen atoms in total. The average molecular weight is 417 g/mol. The molecule has 0 aromatic rings. The quantitative estimate of drug-likeness (QED) is 0.137. The van der Waals surface area contributed by atoms with Crippen LogP contribution >= 0.6 is 7.82 Å². The number of phosphoric acid groups is 1. The molecule has 0 saturated heterocycles. The van der Waals surface area contributed by atoms with Crippen LogP contribution in [0.2, 0.25) is 0 Å². The van der Waals surface area contributed by atoms with Crippen LogP contribution in [0.25, 0.3) is 0 Å². The Morgan fingerprint density at radius 3 is 1.96 bits per heavy atom. The lowest BCUT2D eigenvalue weighted by atomic mass is 9.98. The van der Waals surface area contributed by atoms with Gasteiger partial charge in [0.05, 0.1) is 6.61 Å². The van der Waals surface area contributed by atoms with Crippen molar-refractivity contribution in [1.29, 1.82) is 0 Å². The first-order valence-corrected chi connectivity index (χ1v) is 13.4. The molecule has 2 N–H and O–H groups in total. The molecule has 1 fully saturated rings. The minimum atomic E-state index is -4.30. The highest BCUT2D eigenvalue weighted by molar-refractivity contribution is 7.46. The summed E-state index contributed by atoms with van der Waals surface area (Å²) in [5.74, 6) is 1.07. The van der Waals surface area contributed by atoms with Crippen LogP contribution in [-0.2, 0) is 9.09 Å². The third-order valence-corrected chi connectivity index (χ3v) is 6.49. The zero-order chi connectivity index (χ0) is 20.5. The van der Waals surface area contributed by atoms with Crippen molar-refractivity contribution in [1.82, 2.24) is 0 Å². The Morgan fingerprint density at radius 2 is 1.36 bits per heavy atom. The topological polar surface area (TPSA) is 66.8 Å². The Kier molecular flexibility index (Phi) is 15.4. The summed E-state index contributed by atoms with van der Waals surface area (Å²) in [6.07, 6.45) is 26.7. The van der Waals surface area contributed by atoms with E-state index in [1.165, 1.54) is 96.3 Å². The molecule has 1 saturated carbocycles. The number of hydrogen-bond acceptors (Lipinski definition) is 2. The van der Waals surface area contributed by atoms with E-state index < -0.39 is 7.82 Å². The second kappa shape index (κ2) is 16.6. The van der Waals surface area contributed by atoms with Crippen molar-refractivity contribution in [3.63, 3.8) is 0 Å². The van der Waals surface area contributed by atoms with Crippen molar-refractivity contribution in [2.24, 2.45) is 11.8 Å². The first-order chi connectivity index (χ1) is 13.5. The largest absolute Gasteiger partial charge is 0.469 e. The molecule has 0 aliphatic heterocycles. The van der Waals surface area contributed by atoms with Crippen LogP contribution in [0.3, 0.4) is 0 Å². The molecule has 2 atom stereocenters. The van der Waals surface area contributed by atoms with Crippen LogP contribution in [0.5, 0.6) is 0 Å². The molecule has 1 rings (SSSR count). The van der Waals surface area contributed by atoms with Crippen LogP contribution < -0.4 is 0 Å². The van der Waals surface area contributed by atoms with E-state index >= 15 is 0 Å². The molecule has 0 bridgehead atoms. The molecule has 0 radical (unpaired) electrons. The van der Waals surface area contributed by atoms with E-state index in [0.717, 1.165) is 18.8 Å². The Morgan fingerprint density at radius 1 is 0.821 bits per heavy atom. The zero-order valence-corrected chi connectivity index (χ0v) is 19.1. The van der Waals surface area contributed by atoms with Crippen LogP contribution in [0, 0.1) is 11.8 Å². The highest BCUT2D eigenvalue weighted by atomic mass is 31.2. The van der Waals surface area contributed by atoms with Gasteiger partial charge < -0.3 is 9.79 Å². The van der Waals surface area contributed by atoms with E-state index in [9.17, 15) is 4.57 Å². The van der Waals surface area contributed by atoms with Gasteiger partial charge in [0, 0.05) is 0 Å². The monoisotopic (exact) mass is 416 g/mol. The fourth-order valence-electron chi connectivity index (χ4n) is 4.30. The van der Waals surface area contributed by atoms with E-state index in [2.05, 4.69) is 23.6 Å².